The van der Waals surface area contributed by atoms with Crippen molar-refractivity contribution in [3.8, 4) is 5.75 Å². The fourth-order valence-electron chi connectivity index (χ4n) is 4.14. The highest BCUT2D eigenvalue weighted by Crippen LogP contribution is 2.23. The van der Waals surface area contributed by atoms with Crippen LogP contribution in [0.5, 0.6) is 5.75 Å². The van der Waals surface area contributed by atoms with E-state index in [0.717, 1.165) is 19.3 Å². The summed E-state index contributed by atoms with van der Waals surface area (Å²) in [5.41, 5.74) is 3.05. The molecule has 1 fully saturated rings. The average Bonchev–Trinajstić information content (AvgIpc) is 2.74. The molecule has 0 spiro atoms. The molecule has 2 aromatic carbocycles. The molecule has 0 bridgehead atoms. The Kier molecular flexibility index (Phi) is 7.50. The van der Waals surface area contributed by atoms with Crippen molar-refractivity contribution in [2.45, 2.75) is 58.5 Å². The van der Waals surface area contributed by atoms with Crippen LogP contribution in [-0.2, 0) is 11.2 Å². The summed E-state index contributed by atoms with van der Waals surface area (Å²) in [6.07, 6.45) is 4.06. The van der Waals surface area contributed by atoms with Crippen LogP contribution in [0.1, 0.15) is 54.6 Å². The van der Waals surface area contributed by atoms with Gasteiger partial charge in [-0.25, -0.2) is 0 Å². The molecule has 2 aromatic rings. The van der Waals surface area contributed by atoms with Crippen LogP contribution in [0.15, 0.2) is 48.5 Å². The number of hydrogen-bond acceptors (Lipinski definition) is 3. The first kappa shape index (κ1) is 21.9. The van der Waals surface area contributed by atoms with Crippen molar-refractivity contribution in [1.29, 1.82) is 0 Å². The van der Waals surface area contributed by atoms with Gasteiger partial charge in [0.25, 0.3) is 11.8 Å². The Hall–Kier alpha value is -2.82. The maximum absolute atomic E-state index is 12.6. The van der Waals surface area contributed by atoms with Gasteiger partial charge in [0.2, 0.25) is 0 Å². The van der Waals surface area contributed by atoms with Gasteiger partial charge in [0.1, 0.15) is 5.75 Å². The molecule has 0 aliphatic carbocycles. The van der Waals surface area contributed by atoms with Crippen molar-refractivity contribution in [1.82, 2.24) is 10.2 Å². The summed E-state index contributed by atoms with van der Waals surface area (Å²) in [5.74, 6) is 0.507. The number of carbonyl (C=O) groups is 2. The summed E-state index contributed by atoms with van der Waals surface area (Å²) < 4.78 is 5.68. The van der Waals surface area contributed by atoms with Gasteiger partial charge in [-0.05, 0) is 81.8 Å². The summed E-state index contributed by atoms with van der Waals surface area (Å²) in [7, 11) is 0. The second-order valence-electron chi connectivity index (χ2n) is 8.18. The first-order chi connectivity index (χ1) is 14.5. The molecule has 160 valence electrons. The molecular weight excluding hydrogens is 376 g/mol. The number of nitrogens with zero attached hydrogens (tertiary/aromatic N) is 1. The Morgan fingerprint density at radius 2 is 1.70 bits per heavy atom. The van der Waals surface area contributed by atoms with Gasteiger partial charge in [-0.3, -0.25) is 9.59 Å². The normalized spacial score (nSPS) is 18.7. The number of hydrogen-bond donors (Lipinski definition) is 1. The predicted octanol–water partition coefficient (Wildman–Crippen LogP) is 4.14. The highest BCUT2D eigenvalue weighted by atomic mass is 16.5. The fourth-order valence-corrected chi connectivity index (χ4v) is 4.14. The van der Waals surface area contributed by atoms with Crippen molar-refractivity contribution in [2.75, 3.05) is 13.2 Å². The molecule has 2 amide bonds. The van der Waals surface area contributed by atoms with Gasteiger partial charge in [0.15, 0.2) is 6.61 Å². The van der Waals surface area contributed by atoms with Crippen LogP contribution in [0, 0.1) is 6.92 Å². The molecule has 1 aliphatic rings. The van der Waals surface area contributed by atoms with E-state index in [1.54, 1.807) is 24.3 Å². The molecule has 1 N–H and O–H groups in total. The molecule has 1 heterocycles. The zero-order valence-electron chi connectivity index (χ0n) is 18.2. The lowest BCUT2D eigenvalue weighted by Crippen LogP contribution is -2.49. The Morgan fingerprint density at radius 3 is 2.37 bits per heavy atom. The molecule has 2 atom stereocenters. The monoisotopic (exact) mass is 408 g/mol. The molecule has 5 heteroatoms. The maximum Gasteiger partial charge on any atom is 0.260 e. The molecule has 3 rings (SSSR count). The molecule has 0 aromatic heterocycles. The summed E-state index contributed by atoms with van der Waals surface area (Å²) in [6.45, 7) is 6.88. The van der Waals surface area contributed by atoms with Gasteiger partial charge in [-0.1, -0.05) is 24.3 Å². The van der Waals surface area contributed by atoms with Crippen molar-refractivity contribution in [2.24, 2.45) is 0 Å². The van der Waals surface area contributed by atoms with Gasteiger partial charge in [-0.15, -0.1) is 0 Å². The number of benzene rings is 2. The third-order valence-corrected chi connectivity index (χ3v) is 5.90. The number of carbonyl (C=O) groups excluding carboxylic acids is 2. The number of amides is 2. The Labute approximate surface area is 179 Å². The van der Waals surface area contributed by atoms with Crippen LogP contribution in [0.25, 0.3) is 0 Å². The summed E-state index contributed by atoms with van der Waals surface area (Å²) in [5, 5.41) is 2.96. The van der Waals surface area contributed by atoms with Crippen molar-refractivity contribution < 1.29 is 14.3 Å². The first-order valence-electron chi connectivity index (χ1n) is 10.8. The summed E-state index contributed by atoms with van der Waals surface area (Å²) in [6, 6.07) is 15.7. The fraction of sp³-hybridized carbons (Fsp3) is 0.440. The molecule has 1 aliphatic heterocycles. The van der Waals surface area contributed by atoms with Crippen LogP contribution in [0.4, 0.5) is 0 Å². The van der Waals surface area contributed by atoms with Crippen LogP contribution in [0.3, 0.4) is 0 Å². The minimum atomic E-state index is -0.109. The van der Waals surface area contributed by atoms with E-state index in [4.69, 9.17) is 4.74 Å². The zero-order chi connectivity index (χ0) is 21.5. The van der Waals surface area contributed by atoms with Crippen LogP contribution in [-0.4, -0.2) is 41.9 Å². The van der Waals surface area contributed by atoms with E-state index in [9.17, 15) is 9.59 Å². The smallest absolute Gasteiger partial charge is 0.260 e. The zero-order valence-corrected chi connectivity index (χ0v) is 18.2. The minimum Gasteiger partial charge on any atom is -0.484 e. The Balaban J connectivity index is 1.46. The van der Waals surface area contributed by atoms with Gasteiger partial charge in [0.05, 0.1) is 0 Å². The Bertz CT molecular complexity index is 853. The second kappa shape index (κ2) is 10.3. The average molecular weight is 409 g/mol. The first-order valence-corrected chi connectivity index (χ1v) is 10.8. The quantitative estimate of drug-likeness (QED) is 0.749. The second-order valence-corrected chi connectivity index (χ2v) is 8.18. The highest BCUT2D eigenvalue weighted by Gasteiger charge is 2.28. The van der Waals surface area contributed by atoms with E-state index in [2.05, 4.69) is 38.2 Å². The lowest BCUT2D eigenvalue weighted by atomic mass is 9.97. The predicted molar refractivity (Wildman–Crippen MR) is 119 cm³/mol. The van der Waals surface area contributed by atoms with E-state index in [1.807, 2.05) is 17.0 Å². The van der Waals surface area contributed by atoms with E-state index in [0.29, 0.717) is 17.9 Å². The lowest BCUT2D eigenvalue weighted by molar-refractivity contribution is -0.139. The number of rotatable bonds is 7. The maximum atomic E-state index is 12.6. The molecule has 0 radical (unpaired) electrons. The Morgan fingerprint density at radius 1 is 1.03 bits per heavy atom. The molecule has 0 saturated carbocycles. The van der Waals surface area contributed by atoms with E-state index in [1.165, 1.54) is 17.5 Å². The molecule has 1 saturated heterocycles. The van der Waals surface area contributed by atoms with E-state index in [-0.39, 0.29) is 30.5 Å². The van der Waals surface area contributed by atoms with Gasteiger partial charge < -0.3 is 15.0 Å². The lowest BCUT2D eigenvalue weighted by Gasteiger charge is -2.38. The number of ether oxygens (including phenoxy) is 1. The molecular formula is C25H32N2O3. The number of piperidine rings is 1. The highest BCUT2D eigenvalue weighted by molar-refractivity contribution is 5.94. The van der Waals surface area contributed by atoms with Crippen LogP contribution in [0.2, 0.25) is 0 Å². The van der Waals surface area contributed by atoms with E-state index >= 15 is 0 Å². The third kappa shape index (κ3) is 5.62. The topological polar surface area (TPSA) is 58.6 Å². The van der Waals surface area contributed by atoms with Crippen LogP contribution >= 0.6 is 0 Å². The molecule has 5 nitrogen and oxygen atoms in total. The van der Waals surface area contributed by atoms with Gasteiger partial charge in [-0.2, -0.15) is 0 Å². The molecule has 30 heavy (non-hydrogen) atoms. The number of nitrogens with one attached hydrogen (secondary N) is 1. The largest absolute Gasteiger partial charge is 0.484 e. The number of likely N-dealkylation sites (tertiary alicyclic amines) is 1. The number of aryl methyl sites for hydroxylation is 1. The minimum absolute atomic E-state index is 0.0210. The van der Waals surface area contributed by atoms with Crippen LogP contribution < -0.4 is 10.1 Å². The SMILES string of the molecule is Cc1ccccc1CCNC(=O)c1ccc(OCC(=O)N2C(C)CCCC2C)cc1. The van der Waals surface area contributed by atoms with Gasteiger partial charge >= 0.3 is 0 Å². The van der Waals surface area contributed by atoms with E-state index < -0.39 is 0 Å². The van der Waals surface area contributed by atoms with Gasteiger partial charge in [0, 0.05) is 24.2 Å². The van der Waals surface area contributed by atoms with Crippen molar-refractivity contribution >= 4 is 11.8 Å². The summed E-state index contributed by atoms with van der Waals surface area (Å²) in [4.78, 5) is 26.9. The van der Waals surface area contributed by atoms with Crippen molar-refractivity contribution in [3.63, 3.8) is 0 Å². The summed E-state index contributed by atoms with van der Waals surface area (Å²) >= 11 is 0. The third-order valence-electron chi connectivity index (χ3n) is 5.90. The standard InChI is InChI=1S/C25H32N2O3/c1-18-7-4-5-10-21(18)15-16-26-25(29)22-11-13-23(14-12-22)30-17-24(28)27-19(2)8-6-9-20(27)3/h4-5,7,10-14,19-20H,6,8-9,15-17H2,1-3H3,(H,26,29). The molecule has 2 unspecified atom stereocenters. The van der Waals surface area contributed by atoms with Crippen molar-refractivity contribution in [3.05, 3.63) is 65.2 Å².